The van der Waals surface area contributed by atoms with Crippen LogP contribution in [0, 0.1) is 0 Å². The molecule has 0 aliphatic rings. The number of quaternary nitrogens is 1. The van der Waals surface area contributed by atoms with Gasteiger partial charge in [0.05, 0.1) is 6.54 Å². The first kappa shape index (κ1) is 10.7. The molecule has 6 nitrogen and oxygen atoms in total. The number of rotatable bonds is 5. The molecule has 0 rings (SSSR count). The summed E-state index contributed by atoms with van der Waals surface area (Å²) in [4.78, 5) is 13.0. The number of guanidine groups is 1. The Morgan fingerprint density at radius 1 is 1.58 bits per heavy atom. The lowest BCUT2D eigenvalue weighted by Gasteiger charge is -1.99. The van der Waals surface area contributed by atoms with Crippen molar-refractivity contribution in [3.8, 4) is 0 Å². The minimum Gasteiger partial charge on any atom is -0.477 e. The Morgan fingerprint density at radius 2 is 2.17 bits per heavy atom. The molecule has 70 valence electrons. The van der Waals surface area contributed by atoms with Gasteiger partial charge in [-0.2, -0.15) is 0 Å². The summed E-state index contributed by atoms with van der Waals surface area (Å²) in [5.41, 5.74) is 13.7. The summed E-state index contributed by atoms with van der Waals surface area (Å²) in [6, 6.07) is -0.550. The maximum Gasteiger partial charge on any atom is 0.362 e. The van der Waals surface area contributed by atoms with Crippen LogP contribution in [0.15, 0.2) is 0 Å². The van der Waals surface area contributed by atoms with Gasteiger partial charge in [0.15, 0.2) is 6.04 Å². The van der Waals surface area contributed by atoms with E-state index in [1.165, 1.54) is 0 Å². The van der Waals surface area contributed by atoms with E-state index in [0.29, 0.717) is 19.4 Å². The smallest absolute Gasteiger partial charge is 0.362 e. The van der Waals surface area contributed by atoms with Gasteiger partial charge in [-0.25, -0.2) is 4.79 Å². The molecule has 0 aromatic heterocycles. The molecule has 0 aromatic carbocycles. The Bertz CT molecular complexity index is 176. The Balaban J connectivity index is 3.44. The lowest BCUT2D eigenvalue weighted by molar-refractivity contribution is -0.463. The zero-order valence-corrected chi connectivity index (χ0v) is 6.92. The van der Waals surface area contributed by atoms with Crippen LogP contribution in [0.1, 0.15) is 12.8 Å². The Kier molecular flexibility index (Phi) is 4.78. The van der Waals surface area contributed by atoms with Gasteiger partial charge in [0.25, 0.3) is 0 Å². The van der Waals surface area contributed by atoms with Crippen molar-refractivity contribution in [1.29, 1.82) is 0 Å². The summed E-state index contributed by atoms with van der Waals surface area (Å²) in [5, 5.41) is 8.45. The average Bonchev–Trinajstić information content (AvgIpc) is 1.97. The monoisotopic (exact) mass is 176 g/mol. The lowest BCUT2D eigenvalue weighted by atomic mass is 10.2. The van der Waals surface area contributed by atoms with Crippen molar-refractivity contribution in [2.24, 2.45) is 11.5 Å². The number of carboxylic acid groups (broad SMARTS) is 1. The summed E-state index contributed by atoms with van der Waals surface area (Å²) >= 11 is 0. The molecular formula is C6H16N4O2+2. The van der Waals surface area contributed by atoms with E-state index < -0.39 is 12.0 Å². The molecule has 0 spiro atoms. The average molecular weight is 176 g/mol. The third-order valence-electron chi connectivity index (χ3n) is 1.41. The van der Waals surface area contributed by atoms with Crippen molar-refractivity contribution in [2.45, 2.75) is 18.9 Å². The number of carbonyl (C=O) groups is 1. The highest BCUT2D eigenvalue weighted by atomic mass is 16.4. The van der Waals surface area contributed by atoms with Gasteiger partial charge in [-0.05, 0) is 6.42 Å². The van der Waals surface area contributed by atoms with E-state index in [0.717, 1.165) is 0 Å². The zero-order chi connectivity index (χ0) is 9.56. The number of aliphatic carboxylic acids is 1. The van der Waals surface area contributed by atoms with Crippen molar-refractivity contribution >= 4 is 11.9 Å². The number of nitrogens with one attached hydrogen (secondary N) is 1. The number of nitrogens with two attached hydrogens (primary N) is 2. The standard InChI is InChI=1S/C6H14N4O2/c7-4(5(11)12)2-1-3-10-6(8)9/h4H,1-3,7H2,(H,11,12)(H4,8,9,10)/p+2. The van der Waals surface area contributed by atoms with Crippen LogP contribution < -0.4 is 22.2 Å². The first-order chi connectivity index (χ1) is 5.54. The Labute approximate surface area is 70.4 Å². The van der Waals surface area contributed by atoms with Crippen molar-refractivity contribution < 1.29 is 20.6 Å². The molecule has 9 N–H and O–H groups in total. The van der Waals surface area contributed by atoms with E-state index >= 15 is 0 Å². The van der Waals surface area contributed by atoms with Crippen LogP contribution in [-0.4, -0.2) is 29.6 Å². The van der Waals surface area contributed by atoms with Gasteiger partial charge in [0.2, 0.25) is 0 Å². The van der Waals surface area contributed by atoms with E-state index in [1.807, 2.05) is 0 Å². The van der Waals surface area contributed by atoms with Crippen LogP contribution >= 0.6 is 0 Å². The molecule has 0 amide bonds. The van der Waals surface area contributed by atoms with Gasteiger partial charge in [-0.1, -0.05) is 0 Å². The second-order valence-electron chi connectivity index (χ2n) is 2.56. The summed E-state index contributed by atoms with van der Waals surface area (Å²) < 4.78 is 0. The highest BCUT2D eigenvalue weighted by Crippen LogP contribution is 1.88. The first-order valence-electron chi connectivity index (χ1n) is 3.71. The predicted octanol–water partition coefficient (Wildman–Crippen LogP) is -4.18. The molecule has 0 fully saturated rings. The molecule has 0 aromatic rings. The minimum atomic E-state index is -0.875. The molecule has 12 heavy (non-hydrogen) atoms. The molecule has 0 saturated heterocycles. The van der Waals surface area contributed by atoms with E-state index in [2.05, 4.69) is 10.7 Å². The van der Waals surface area contributed by atoms with Crippen LogP contribution in [0.3, 0.4) is 0 Å². The maximum absolute atomic E-state index is 10.3. The van der Waals surface area contributed by atoms with Crippen molar-refractivity contribution in [3.63, 3.8) is 0 Å². The van der Waals surface area contributed by atoms with Gasteiger partial charge in [-0.3, -0.25) is 16.5 Å². The summed E-state index contributed by atoms with van der Waals surface area (Å²) in [5.74, 6) is -0.717. The third kappa shape index (κ3) is 5.48. The molecule has 0 aliphatic heterocycles. The molecule has 0 saturated carbocycles. The van der Waals surface area contributed by atoms with Gasteiger partial charge < -0.3 is 10.8 Å². The fourth-order valence-electron chi connectivity index (χ4n) is 0.705. The van der Waals surface area contributed by atoms with Crippen molar-refractivity contribution in [3.05, 3.63) is 0 Å². The topological polar surface area (TPSA) is 131 Å². The van der Waals surface area contributed by atoms with Crippen LogP contribution in [0.4, 0.5) is 0 Å². The predicted molar refractivity (Wildman–Crippen MR) is 42.8 cm³/mol. The third-order valence-corrected chi connectivity index (χ3v) is 1.41. The second-order valence-corrected chi connectivity index (χ2v) is 2.56. The maximum atomic E-state index is 10.3. The largest absolute Gasteiger partial charge is 0.477 e. The molecule has 6 heteroatoms. The molecular weight excluding hydrogens is 160 g/mol. The van der Waals surface area contributed by atoms with E-state index in [4.69, 9.17) is 16.6 Å². The van der Waals surface area contributed by atoms with Crippen LogP contribution in [0.25, 0.3) is 0 Å². The Morgan fingerprint density at radius 3 is 2.58 bits per heavy atom. The number of hydrogen-bond donors (Lipinski definition) is 5. The molecule has 1 atom stereocenters. The van der Waals surface area contributed by atoms with Crippen LogP contribution in [0.5, 0.6) is 0 Å². The number of hydrogen-bond acceptors (Lipinski definition) is 1. The molecule has 0 aliphatic carbocycles. The highest BCUT2D eigenvalue weighted by molar-refractivity contribution is 5.71. The van der Waals surface area contributed by atoms with Gasteiger partial charge in [0.1, 0.15) is 0 Å². The zero-order valence-electron chi connectivity index (χ0n) is 6.92. The van der Waals surface area contributed by atoms with Crippen molar-refractivity contribution in [1.82, 2.24) is 0 Å². The highest BCUT2D eigenvalue weighted by Gasteiger charge is 2.13. The van der Waals surface area contributed by atoms with Crippen LogP contribution in [-0.2, 0) is 4.79 Å². The first-order valence-corrected chi connectivity index (χ1v) is 3.71. The SMILES string of the molecule is NC(N)=[NH+]CCCC([NH3+])C(=O)O. The Hall–Kier alpha value is -1.30. The fourth-order valence-corrected chi connectivity index (χ4v) is 0.705. The van der Waals surface area contributed by atoms with Crippen LogP contribution in [0.2, 0.25) is 0 Å². The summed E-state index contributed by atoms with van der Waals surface area (Å²) in [7, 11) is 0. The number of carboxylic acids is 1. The lowest BCUT2D eigenvalue weighted by Crippen LogP contribution is -2.78. The quantitative estimate of drug-likeness (QED) is 0.165. The summed E-state index contributed by atoms with van der Waals surface area (Å²) in [6.07, 6.45) is 1.22. The normalized spacial score (nSPS) is 12.1. The minimum absolute atomic E-state index is 0.158. The molecule has 0 radical (unpaired) electrons. The molecule has 0 heterocycles. The molecule has 0 bridgehead atoms. The van der Waals surface area contributed by atoms with Gasteiger partial charge >= 0.3 is 11.9 Å². The van der Waals surface area contributed by atoms with E-state index in [-0.39, 0.29) is 5.96 Å². The van der Waals surface area contributed by atoms with Gasteiger partial charge in [-0.15, -0.1) is 0 Å². The van der Waals surface area contributed by atoms with E-state index in [1.54, 1.807) is 0 Å². The fraction of sp³-hybridized carbons (Fsp3) is 0.667. The van der Waals surface area contributed by atoms with E-state index in [9.17, 15) is 4.79 Å². The van der Waals surface area contributed by atoms with Gasteiger partial charge in [0, 0.05) is 6.42 Å². The molecule has 1 unspecified atom stereocenters. The van der Waals surface area contributed by atoms with Crippen molar-refractivity contribution in [2.75, 3.05) is 6.54 Å². The summed E-state index contributed by atoms with van der Waals surface area (Å²) in [6.45, 7) is 0.585. The second kappa shape index (κ2) is 5.36.